The van der Waals surface area contributed by atoms with E-state index in [0.717, 1.165) is 24.2 Å². The first kappa shape index (κ1) is 13.8. The van der Waals surface area contributed by atoms with Gasteiger partial charge in [0.15, 0.2) is 0 Å². The van der Waals surface area contributed by atoms with Crippen molar-refractivity contribution in [3.63, 3.8) is 0 Å². The van der Waals surface area contributed by atoms with Crippen molar-refractivity contribution >= 4 is 0 Å². The van der Waals surface area contributed by atoms with Gasteiger partial charge in [-0.2, -0.15) is 0 Å². The Bertz CT molecular complexity index is 446. The highest BCUT2D eigenvalue weighted by Gasteiger charge is 2.37. The molecule has 2 fully saturated rings. The molecule has 0 heterocycles. The summed E-state index contributed by atoms with van der Waals surface area (Å²) in [6.45, 7) is 0. The Hall–Kier alpha value is -1.16. The van der Waals surface area contributed by atoms with Crippen LogP contribution in [0.15, 0.2) is 24.3 Å². The Morgan fingerprint density at radius 3 is 2.20 bits per heavy atom. The third-order valence-electron chi connectivity index (χ3n) is 4.36. The van der Waals surface area contributed by atoms with Crippen LogP contribution in [0.1, 0.15) is 50.1 Å². The minimum atomic E-state index is -2.49. The molecule has 2 N–H and O–H groups in total. The molecular weight excluding hydrogens is 260 g/mol. The summed E-state index contributed by atoms with van der Waals surface area (Å²) >= 11 is 0. The second-order valence-corrected chi connectivity index (χ2v) is 6.11. The summed E-state index contributed by atoms with van der Waals surface area (Å²) in [6.07, 6.45) is 3.61. The molecule has 20 heavy (non-hydrogen) atoms. The molecule has 1 aromatic carbocycles. The molecule has 3 rings (SSSR count). The monoisotopic (exact) mass is 281 g/mol. The fourth-order valence-corrected chi connectivity index (χ4v) is 2.84. The molecule has 110 valence electrons. The average Bonchev–Trinajstić information content (AvgIpc) is 3.23. The van der Waals surface area contributed by atoms with Gasteiger partial charge in [0.1, 0.15) is 5.75 Å². The fraction of sp³-hybridized carbons (Fsp3) is 0.625. The zero-order chi connectivity index (χ0) is 14.2. The number of hydrogen-bond donors (Lipinski definition) is 1. The van der Waals surface area contributed by atoms with Crippen LogP contribution in [0, 0.1) is 5.92 Å². The fourth-order valence-electron chi connectivity index (χ4n) is 2.84. The molecule has 1 unspecified atom stereocenters. The normalized spacial score (nSPS) is 24.4. The molecule has 0 amide bonds. The minimum Gasteiger partial charge on any atom is -0.490 e. The summed E-state index contributed by atoms with van der Waals surface area (Å²) in [7, 11) is 0. The molecule has 2 aliphatic carbocycles. The van der Waals surface area contributed by atoms with Gasteiger partial charge in [0.2, 0.25) is 5.92 Å². The van der Waals surface area contributed by atoms with Crippen molar-refractivity contribution in [3.8, 4) is 5.75 Å². The van der Waals surface area contributed by atoms with Crippen molar-refractivity contribution in [3.05, 3.63) is 29.8 Å². The van der Waals surface area contributed by atoms with Gasteiger partial charge in [-0.15, -0.1) is 0 Å². The van der Waals surface area contributed by atoms with E-state index in [1.165, 1.54) is 0 Å². The predicted molar refractivity (Wildman–Crippen MR) is 73.9 cm³/mol. The van der Waals surface area contributed by atoms with Gasteiger partial charge < -0.3 is 10.5 Å². The lowest BCUT2D eigenvalue weighted by Crippen LogP contribution is -2.30. The summed E-state index contributed by atoms with van der Waals surface area (Å²) in [5.41, 5.74) is 7.25. The average molecular weight is 281 g/mol. The van der Waals surface area contributed by atoms with Gasteiger partial charge in [-0.1, -0.05) is 12.1 Å². The van der Waals surface area contributed by atoms with Crippen molar-refractivity contribution in [2.45, 2.75) is 56.6 Å². The van der Waals surface area contributed by atoms with Gasteiger partial charge in [0.25, 0.3) is 0 Å². The standard InChI is InChI=1S/C16H21F2NO/c17-16(18)9-7-12(8-10-16)15(19)11-1-3-13(4-2-11)20-14-5-6-14/h1-4,12,14-15H,5-10,19H2. The third kappa shape index (κ3) is 3.29. The quantitative estimate of drug-likeness (QED) is 0.903. The zero-order valence-electron chi connectivity index (χ0n) is 11.5. The maximum atomic E-state index is 13.2. The smallest absolute Gasteiger partial charge is 0.248 e. The third-order valence-corrected chi connectivity index (χ3v) is 4.36. The van der Waals surface area contributed by atoms with E-state index in [0.29, 0.717) is 18.9 Å². The van der Waals surface area contributed by atoms with Crippen LogP contribution in [0.4, 0.5) is 8.78 Å². The highest BCUT2D eigenvalue weighted by atomic mass is 19.3. The van der Waals surface area contributed by atoms with E-state index < -0.39 is 5.92 Å². The highest BCUT2D eigenvalue weighted by Crippen LogP contribution is 2.40. The highest BCUT2D eigenvalue weighted by molar-refractivity contribution is 5.30. The van der Waals surface area contributed by atoms with Crippen LogP contribution < -0.4 is 10.5 Å². The van der Waals surface area contributed by atoms with E-state index in [9.17, 15) is 8.78 Å². The van der Waals surface area contributed by atoms with E-state index >= 15 is 0 Å². The number of rotatable bonds is 4. The first-order valence-corrected chi connectivity index (χ1v) is 7.43. The van der Waals surface area contributed by atoms with E-state index in [4.69, 9.17) is 10.5 Å². The van der Waals surface area contributed by atoms with Gasteiger partial charge in [0, 0.05) is 18.9 Å². The molecule has 0 saturated heterocycles. The number of nitrogens with two attached hydrogens (primary N) is 1. The molecular formula is C16H21F2NO. The maximum absolute atomic E-state index is 13.2. The lowest BCUT2D eigenvalue weighted by molar-refractivity contribution is -0.0483. The second kappa shape index (κ2) is 5.32. The first-order chi connectivity index (χ1) is 9.53. The summed E-state index contributed by atoms with van der Waals surface area (Å²) in [6, 6.07) is 7.65. The van der Waals surface area contributed by atoms with E-state index in [2.05, 4.69) is 0 Å². The van der Waals surface area contributed by atoms with Crippen LogP contribution >= 0.6 is 0 Å². The Morgan fingerprint density at radius 1 is 1.05 bits per heavy atom. The number of halogens is 2. The van der Waals surface area contributed by atoms with E-state index in [1.807, 2.05) is 24.3 Å². The second-order valence-electron chi connectivity index (χ2n) is 6.11. The Labute approximate surface area is 118 Å². The molecule has 2 saturated carbocycles. The van der Waals surface area contributed by atoms with Crippen LogP contribution in [-0.4, -0.2) is 12.0 Å². The summed E-state index contributed by atoms with van der Waals surface area (Å²) in [5, 5.41) is 0. The Balaban J connectivity index is 1.60. The van der Waals surface area contributed by atoms with Gasteiger partial charge in [-0.05, 0) is 49.3 Å². The summed E-state index contributed by atoms with van der Waals surface area (Å²) in [4.78, 5) is 0. The molecule has 2 aliphatic rings. The number of ether oxygens (including phenoxy) is 1. The van der Waals surface area contributed by atoms with Gasteiger partial charge >= 0.3 is 0 Å². The maximum Gasteiger partial charge on any atom is 0.248 e. The predicted octanol–water partition coefficient (Wildman–Crippen LogP) is 4.05. The Morgan fingerprint density at radius 2 is 1.65 bits per heavy atom. The topological polar surface area (TPSA) is 35.2 Å². The first-order valence-electron chi connectivity index (χ1n) is 7.43. The molecule has 2 nitrogen and oxygen atoms in total. The summed E-state index contributed by atoms with van der Waals surface area (Å²) < 4.78 is 32.0. The van der Waals surface area contributed by atoms with Crippen LogP contribution in [0.3, 0.4) is 0 Å². The van der Waals surface area contributed by atoms with E-state index in [1.54, 1.807) is 0 Å². The minimum absolute atomic E-state index is 0.0335. The molecule has 0 bridgehead atoms. The van der Waals surface area contributed by atoms with Crippen LogP contribution in [-0.2, 0) is 0 Å². The molecule has 0 radical (unpaired) electrons. The molecule has 1 atom stereocenters. The Kier molecular flexibility index (Phi) is 3.67. The molecule has 4 heteroatoms. The van der Waals surface area contributed by atoms with Crippen molar-refractivity contribution in [2.24, 2.45) is 11.7 Å². The van der Waals surface area contributed by atoms with Crippen molar-refractivity contribution in [1.82, 2.24) is 0 Å². The van der Waals surface area contributed by atoms with Gasteiger partial charge in [-0.3, -0.25) is 0 Å². The lowest BCUT2D eigenvalue weighted by atomic mass is 9.80. The lowest BCUT2D eigenvalue weighted by Gasteiger charge is -2.32. The van der Waals surface area contributed by atoms with Gasteiger partial charge in [0.05, 0.1) is 6.10 Å². The number of alkyl halides is 2. The number of hydrogen-bond acceptors (Lipinski definition) is 2. The van der Waals surface area contributed by atoms with Crippen molar-refractivity contribution < 1.29 is 13.5 Å². The molecule has 1 aromatic rings. The van der Waals surface area contributed by atoms with Crippen LogP contribution in [0.5, 0.6) is 5.75 Å². The number of benzene rings is 1. The van der Waals surface area contributed by atoms with Crippen LogP contribution in [0.25, 0.3) is 0 Å². The van der Waals surface area contributed by atoms with E-state index in [-0.39, 0.29) is 24.8 Å². The van der Waals surface area contributed by atoms with Gasteiger partial charge in [-0.25, -0.2) is 8.78 Å². The SMILES string of the molecule is NC(c1ccc(OC2CC2)cc1)C1CCC(F)(F)CC1. The van der Waals surface area contributed by atoms with Crippen molar-refractivity contribution in [1.29, 1.82) is 0 Å². The molecule has 0 aliphatic heterocycles. The summed E-state index contributed by atoms with van der Waals surface area (Å²) in [5.74, 6) is -1.46. The van der Waals surface area contributed by atoms with Crippen molar-refractivity contribution in [2.75, 3.05) is 0 Å². The molecule has 0 aromatic heterocycles. The van der Waals surface area contributed by atoms with Crippen LogP contribution in [0.2, 0.25) is 0 Å². The molecule has 0 spiro atoms. The largest absolute Gasteiger partial charge is 0.490 e. The zero-order valence-corrected chi connectivity index (χ0v) is 11.5.